The second-order valence-electron chi connectivity index (χ2n) is 7.32. The Bertz CT molecular complexity index is 907. The lowest BCUT2D eigenvalue weighted by Crippen LogP contribution is -2.33. The van der Waals surface area contributed by atoms with Gasteiger partial charge in [-0.2, -0.15) is 0 Å². The molecule has 3 aromatic rings. The molecule has 1 aliphatic heterocycles. The van der Waals surface area contributed by atoms with E-state index in [0.29, 0.717) is 12.5 Å². The van der Waals surface area contributed by atoms with E-state index in [9.17, 15) is 0 Å². The average molecular weight is 385 g/mol. The SMILES string of the molecule is Cc1nccn1Cc1nnc(C2CCN(Cc3cccc(Cl)c3)CC2)n1C. The maximum absolute atomic E-state index is 6.10. The number of likely N-dealkylation sites (tertiary alicyclic amines) is 1. The lowest BCUT2D eigenvalue weighted by Gasteiger charge is -2.31. The number of nitrogens with zero attached hydrogens (tertiary/aromatic N) is 6. The maximum atomic E-state index is 6.10. The van der Waals surface area contributed by atoms with Gasteiger partial charge in [-0.25, -0.2) is 4.98 Å². The zero-order valence-corrected chi connectivity index (χ0v) is 16.6. The molecule has 2 aromatic heterocycles. The topological polar surface area (TPSA) is 51.8 Å². The number of hydrogen-bond donors (Lipinski definition) is 0. The molecule has 0 aliphatic carbocycles. The van der Waals surface area contributed by atoms with Crippen molar-refractivity contribution in [3.8, 4) is 0 Å². The van der Waals surface area contributed by atoms with E-state index in [-0.39, 0.29) is 0 Å². The molecule has 0 bridgehead atoms. The Morgan fingerprint density at radius 2 is 1.96 bits per heavy atom. The van der Waals surface area contributed by atoms with Crippen molar-refractivity contribution in [2.24, 2.45) is 7.05 Å². The highest BCUT2D eigenvalue weighted by atomic mass is 35.5. The van der Waals surface area contributed by atoms with E-state index in [2.05, 4.69) is 48.4 Å². The molecule has 0 unspecified atom stereocenters. The lowest BCUT2D eigenvalue weighted by atomic mass is 9.95. The lowest BCUT2D eigenvalue weighted by molar-refractivity contribution is 0.200. The minimum absolute atomic E-state index is 0.468. The van der Waals surface area contributed by atoms with Crippen molar-refractivity contribution in [2.75, 3.05) is 13.1 Å². The van der Waals surface area contributed by atoms with Gasteiger partial charge in [0.2, 0.25) is 0 Å². The van der Waals surface area contributed by atoms with Crippen LogP contribution in [-0.2, 0) is 20.1 Å². The van der Waals surface area contributed by atoms with Crippen molar-refractivity contribution in [3.63, 3.8) is 0 Å². The van der Waals surface area contributed by atoms with Crippen LogP contribution in [-0.4, -0.2) is 42.3 Å². The third-order valence-electron chi connectivity index (χ3n) is 5.48. The Kier molecular flexibility index (Phi) is 5.27. The molecule has 0 spiro atoms. The zero-order valence-electron chi connectivity index (χ0n) is 15.8. The van der Waals surface area contributed by atoms with Crippen molar-refractivity contribution < 1.29 is 0 Å². The molecule has 0 amide bonds. The number of halogens is 1. The zero-order chi connectivity index (χ0) is 18.8. The number of benzene rings is 1. The summed E-state index contributed by atoms with van der Waals surface area (Å²) in [4.78, 5) is 6.77. The molecule has 6 nitrogen and oxygen atoms in total. The summed E-state index contributed by atoms with van der Waals surface area (Å²) >= 11 is 6.10. The molecule has 0 saturated carbocycles. The van der Waals surface area contributed by atoms with Gasteiger partial charge in [0.25, 0.3) is 0 Å². The van der Waals surface area contributed by atoms with Crippen LogP contribution in [0.25, 0.3) is 0 Å². The molecular formula is C20H25ClN6. The van der Waals surface area contributed by atoms with E-state index in [1.54, 1.807) is 0 Å². The molecule has 4 rings (SSSR count). The van der Waals surface area contributed by atoms with Crippen LogP contribution in [0.3, 0.4) is 0 Å². The predicted octanol–water partition coefficient (Wildman–Crippen LogP) is 3.40. The van der Waals surface area contributed by atoms with E-state index >= 15 is 0 Å². The Morgan fingerprint density at radius 1 is 1.15 bits per heavy atom. The van der Waals surface area contributed by atoms with Crippen LogP contribution in [0.15, 0.2) is 36.7 Å². The van der Waals surface area contributed by atoms with Crippen LogP contribution >= 0.6 is 11.6 Å². The highest BCUT2D eigenvalue weighted by molar-refractivity contribution is 6.30. The molecule has 1 aliphatic rings. The molecule has 27 heavy (non-hydrogen) atoms. The molecule has 0 N–H and O–H groups in total. The number of imidazole rings is 1. The fraction of sp³-hybridized carbons (Fsp3) is 0.450. The molecule has 1 aromatic carbocycles. The maximum Gasteiger partial charge on any atom is 0.152 e. The molecule has 7 heteroatoms. The van der Waals surface area contributed by atoms with Gasteiger partial charge in [-0.05, 0) is 50.6 Å². The minimum Gasteiger partial charge on any atom is -0.328 e. The number of rotatable bonds is 5. The molecule has 1 fully saturated rings. The quantitative estimate of drug-likeness (QED) is 0.676. The van der Waals surface area contributed by atoms with Gasteiger partial charge < -0.3 is 9.13 Å². The van der Waals surface area contributed by atoms with Crippen molar-refractivity contribution in [3.05, 3.63) is 64.7 Å². The molecule has 1 saturated heterocycles. The summed E-state index contributed by atoms with van der Waals surface area (Å²) in [5.74, 6) is 3.54. The summed E-state index contributed by atoms with van der Waals surface area (Å²) in [5, 5.41) is 9.76. The number of piperidine rings is 1. The fourth-order valence-corrected chi connectivity index (χ4v) is 4.05. The average Bonchev–Trinajstić information content (AvgIpc) is 3.22. The first-order chi connectivity index (χ1) is 13.1. The smallest absolute Gasteiger partial charge is 0.152 e. The van der Waals surface area contributed by atoms with Crippen molar-refractivity contribution in [2.45, 2.75) is 38.8 Å². The van der Waals surface area contributed by atoms with Crippen LogP contribution in [0.5, 0.6) is 0 Å². The molecule has 3 heterocycles. The highest BCUT2D eigenvalue weighted by Crippen LogP contribution is 2.28. The first-order valence-electron chi connectivity index (χ1n) is 9.43. The molecule has 0 radical (unpaired) electrons. The third kappa shape index (κ3) is 4.06. The first kappa shape index (κ1) is 18.2. The Balaban J connectivity index is 1.38. The number of aromatic nitrogens is 5. The summed E-state index contributed by atoms with van der Waals surface area (Å²) < 4.78 is 4.26. The summed E-state index contributed by atoms with van der Waals surface area (Å²) in [6, 6.07) is 8.15. The molecule has 0 atom stereocenters. The van der Waals surface area contributed by atoms with Crippen molar-refractivity contribution >= 4 is 11.6 Å². The van der Waals surface area contributed by atoms with Gasteiger partial charge in [-0.1, -0.05) is 23.7 Å². The monoisotopic (exact) mass is 384 g/mol. The van der Waals surface area contributed by atoms with E-state index in [4.69, 9.17) is 11.6 Å². The minimum atomic E-state index is 0.468. The molecular weight excluding hydrogens is 360 g/mol. The van der Waals surface area contributed by atoms with Gasteiger partial charge in [0.1, 0.15) is 11.6 Å². The Labute approximate surface area is 164 Å². The Hall–Kier alpha value is -2.18. The van der Waals surface area contributed by atoms with Crippen LogP contribution in [0.4, 0.5) is 0 Å². The summed E-state index contributed by atoms with van der Waals surface area (Å²) in [7, 11) is 2.08. The third-order valence-corrected chi connectivity index (χ3v) is 5.72. The van der Waals surface area contributed by atoms with Crippen molar-refractivity contribution in [1.29, 1.82) is 0 Å². The van der Waals surface area contributed by atoms with Gasteiger partial charge in [0, 0.05) is 36.9 Å². The largest absolute Gasteiger partial charge is 0.328 e. The summed E-state index contributed by atoms with van der Waals surface area (Å²) in [6.45, 7) is 5.81. The van der Waals surface area contributed by atoms with Crippen molar-refractivity contribution in [1.82, 2.24) is 29.2 Å². The molecule has 142 valence electrons. The Morgan fingerprint density at radius 3 is 2.67 bits per heavy atom. The summed E-state index contributed by atoms with van der Waals surface area (Å²) in [6.07, 6.45) is 6.02. The van der Waals surface area contributed by atoms with Gasteiger partial charge in [-0.3, -0.25) is 4.90 Å². The van der Waals surface area contributed by atoms with E-state index in [1.165, 1.54) is 5.56 Å². The van der Waals surface area contributed by atoms with E-state index < -0.39 is 0 Å². The predicted molar refractivity (Wildman–Crippen MR) is 106 cm³/mol. The van der Waals surface area contributed by atoms with E-state index in [1.807, 2.05) is 31.5 Å². The van der Waals surface area contributed by atoms with Crippen LogP contribution in [0.1, 0.15) is 41.8 Å². The standard InChI is InChI=1S/C20H25ClN6/c1-15-22-8-11-27(15)14-19-23-24-20(25(19)2)17-6-9-26(10-7-17)13-16-4-3-5-18(21)12-16/h3-5,8,11-12,17H,6-7,9-10,13-14H2,1-2H3. The number of aryl methyl sites for hydroxylation is 1. The second kappa shape index (κ2) is 7.82. The van der Waals surface area contributed by atoms with E-state index in [0.717, 1.165) is 55.0 Å². The summed E-state index contributed by atoms with van der Waals surface area (Å²) in [5.41, 5.74) is 1.28. The highest BCUT2D eigenvalue weighted by Gasteiger charge is 2.25. The fourth-order valence-electron chi connectivity index (χ4n) is 3.83. The van der Waals surface area contributed by atoms with Gasteiger partial charge >= 0.3 is 0 Å². The van der Waals surface area contributed by atoms with Gasteiger partial charge in [0.05, 0.1) is 6.54 Å². The van der Waals surface area contributed by atoms with Crippen LogP contribution < -0.4 is 0 Å². The first-order valence-corrected chi connectivity index (χ1v) is 9.80. The number of hydrogen-bond acceptors (Lipinski definition) is 4. The van der Waals surface area contributed by atoms with Gasteiger partial charge in [-0.15, -0.1) is 10.2 Å². The normalized spacial score (nSPS) is 16.1. The van der Waals surface area contributed by atoms with Crippen LogP contribution in [0, 0.1) is 6.92 Å². The van der Waals surface area contributed by atoms with Gasteiger partial charge in [0.15, 0.2) is 5.82 Å². The van der Waals surface area contributed by atoms with Crippen LogP contribution in [0.2, 0.25) is 5.02 Å². The second-order valence-corrected chi connectivity index (χ2v) is 7.75.